The molecule has 3 aliphatic rings. The Morgan fingerprint density at radius 1 is 1.29 bits per heavy atom. The van der Waals surface area contributed by atoms with Crippen molar-refractivity contribution in [2.45, 2.75) is 57.0 Å². The molecule has 28 heavy (non-hydrogen) atoms. The Kier molecular flexibility index (Phi) is 5.87. The minimum absolute atomic E-state index is 0.0536. The van der Waals surface area contributed by atoms with Gasteiger partial charge in [-0.25, -0.2) is 14.4 Å². The van der Waals surface area contributed by atoms with Gasteiger partial charge in [-0.15, -0.1) is 11.8 Å². The number of fused-ring (bicyclic) bond motifs is 1. The molecule has 0 radical (unpaired) electrons. The lowest BCUT2D eigenvalue weighted by molar-refractivity contribution is -0.153. The SMILES string of the molecule is CCOC(=O)C1=C(COC(=O)[C@@H]2CS[C@@]3(C)CCC(=O)N23)NC(=O)N[C@H]1CC. The molecule has 154 valence electrons. The summed E-state index contributed by atoms with van der Waals surface area (Å²) in [4.78, 5) is 50.3. The number of amides is 3. The van der Waals surface area contributed by atoms with E-state index < -0.39 is 30.1 Å². The fourth-order valence-corrected chi connectivity index (χ4v) is 5.23. The van der Waals surface area contributed by atoms with Crippen LogP contribution in [0.25, 0.3) is 0 Å². The molecule has 3 heterocycles. The molecule has 0 unspecified atom stereocenters. The molecular formula is C18H25N3O6S. The van der Waals surface area contributed by atoms with Gasteiger partial charge < -0.3 is 25.0 Å². The van der Waals surface area contributed by atoms with Crippen LogP contribution in [-0.4, -0.2) is 64.7 Å². The van der Waals surface area contributed by atoms with Crippen LogP contribution < -0.4 is 10.6 Å². The lowest BCUT2D eigenvalue weighted by Crippen LogP contribution is -2.51. The van der Waals surface area contributed by atoms with Crippen LogP contribution in [0.2, 0.25) is 0 Å². The third-order valence-electron chi connectivity index (χ3n) is 5.22. The summed E-state index contributed by atoms with van der Waals surface area (Å²) in [5, 5.41) is 5.21. The summed E-state index contributed by atoms with van der Waals surface area (Å²) >= 11 is 1.57. The van der Waals surface area contributed by atoms with E-state index >= 15 is 0 Å². The summed E-state index contributed by atoms with van der Waals surface area (Å²) in [5.41, 5.74) is 0.461. The molecule has 2 fully saturated rings. The van der Waals surface area contributed by atoms with E-state index in [2.05, 4.69) is 10.6 Å². The number of nitrogens with zero attached hydrogens (tertiary/aromatic N) is 1. The Morgan fingerprint density at radius 2 is 2.04 bits per heavy atom. The first-order chi connectivity index (χ1) is 13.3. The highest BCUT2D eigenvalue weighted by molar-refractivity contribution is 8.01. The van der Waals surface area contributed by atoms with Crippen molar-refractivity contribution in [3.63, 3.8) is 0 Å². The quantitative estimate of drug-likeness (QED) is 0.624. The predicted molar refractivity (Wildman–Crippen MR) is 101 cm³/mol. The second-order valence-corrected chi connectivity index (χ2v) is 8.55. The Balaban J connectivity index is 1.75. The highest BCUT2D eigenvalue weighted by Gasteiger charge is 2.53. The first-order valence-electron chi connectivity index (χ1n) is 9.41. The van der Waals surface area contributed by atoms with E-state index in [0.29, 0.717) is 25.0 Å². The van der Waals surface area contributed by atoms with E-state index in [1.165, 1.54) is 0 Å². The minimum atomic E-state index is -0.656. The van der Waals surface area contributed by atoms with Crippen molar-refractivity contribution in [2.24, 2.45) is 0 Å². The maximum absolute atomic E-state index is 12.7. The van der Waals surface area contributed by atoms with Crippen LogP contribution in [0, 0.1) is 0 Å². The summed E-state index contributed by atoms with van der Waals surface area (Å²) in [6, 6.07) is -1.65. The van der Waals surface area contributed by atoms with E-state index in [1.54, 1.807) is 23.6 Å². The van der Waals surface area contributed by atoms with Crippen molar-refractivity contribution in [1.82, 2.24) is 15.5 Å². The van der Waals surface area contributed by atoms with Gasteiger partial charge in [0, 0.05) is 12.2 Å². The Labute approximate surface area is 167 Å². The average Bonchev–Trinajstić information content (AvgIpc) is 3.15. The predicted octanol–water partition coefficient (Wildman–Crippen LogP) is 0.892. The van der Waals surface area contributed by atoms with Gasteiger partial charge in [0.1, 0.15) is 12.6 Å². The fourth-order valence-electron chi connectivity index (χ4n) is 3.81. The summed E-state index contributed by atoms with van der Waals surface area (Å²) in [5.74, 6) is -0.687. The molecule has 3 aliphatic heterocycles. The van der Waals surface area contributed by atoms with Crippen LogP contribution in [-0.2, 0) is 23.9 Å². The van der Waals surface area contributed by atoms with Crippen molar-refractivity contribution in [2.75, 3.05) is 19.0 Å². The van der Waals surface area contributed by atoms with Gasteiger partial charge in [0.15, 0.2) is 0 Å². The van der Waals surface area contributed by atoms with Crippen LogP contribution in [0.4, 0.5) is 4.79 Å². The lowest BCUT2D eigenvalue weighted by atomic mass is 10.0. The molecule has 3 atom stereocenters. The number of hydrogen-bond donors (Lipinski definition) is 2. The van der Waals surface area contributed by atoms with E-state index in [9.17, 15) is 19.2 Å². The number of carbonyl (C=O) groups excluding carboxylic acids is 4. The van der Waals surface area contributed by atoms with E-state index in [1.807, 2.05) is 13.8 Å². The van der Waals surface area contributed by atoms with Crippen LogP contribution >= 0.6 is 11.8 Å². The fraction of sp³-hybridized carbons (Fsp3) is 0.667. The van der Waals surface area contributed by atoms with Crippen LogP contribution in [0.15, 0.2) is 11.3 Å². The molecule has 9 nitrogen and oxygen atoms in total. The monoisotopic (exact) mass is 411 g/mol. The molecule has 0 bridgehead atoms. The zero-order valence-corrected chi connectivity index (χ0v) is 17.0. The second kappa shape index (κ2) is 8.02. The maximum Gasteiger partial charge on any atom is 0.338 e. The Morgan fingerprint density at radius 3 is 2.71 bits per heavy atom. The van der Waals surface area contributed by atoms with Gasteiger partial charge in [-0.1, -0.05) is 6.92 Å². The smallest absolute Gasteiger partial charge is 0.338 e. The third kappa shape index (κ3) is 3.69. The number of ether oxygens (including phenoxy) is 2. The van der Waals surface area contributed by atoms with Crippen molar-refractivity contribution >= 4 is 35.6 Å². The normalized spacial score (nSPS) is 29.3. The van der Waals surface area contributed by atoms with E-state index in [4.69, 9.17) is 9.47 Å². The van der Waals surface area contributed by atoms with E-state index in [0.717, 1.165) is 0 Å². The van der Waals surface area contributed by atoms with Gasteiger partial charge in [-0.2, -0.15) is 0 Å². The molecule has 0 aromatic heterocycles. The largest absolute Gasteiger partial charge is 0.463 e. The maximum atomic E-state index is 12.7. The third-order valence-corrected chi connectivity index (χ3v) is 6.73. The number of thioether (sulfide) groups is 1. The molecular weight excluding hydrogens is 386 g/mol. The molecule has 3 rings (SSSR count). The molecule has 2 N–H and O–H groups in total. The summed E-state index contributed by atoms with van der Waals surface area (Å²) in [6.07, 6.45) is 1.61. The molecule has 0 aliphatic carbocycles. The number of carbonyl (C=O) groups is 4. The molecule has 0 spiro atoms. The highest BCUT2D eigenvalue weighted by atomic mass is 32.2. The van der Waals surface area contributed by atoms with Crippen LogP contribution in [0.1, 0.15) is 40.0 Å². The zero-order chi connectivity index (χ0) is 20.5. The Hall–Kier alpha value is -2.23. The van der Waals surface area contributed by atoms with Crippen molar-refractivity contribution in [3.05, 3.63) is 11.3 Å². The average molecular weight is 411 g/mol. The highest BCUT2D eigenvalue weighted by Crippen LogP contribution is 2.47. The first kappa shape index (κ1) is 20.5. The molecule has 10 heteroatoms. The molecule has 0 aromatic rings. The lowest BCUT2D eigenvalue weighted by Gasteiger charge is -2.30. The molecule has 0 aromatic carbocycles. The number of urea groups is 1. The van der Waals surface area contributed by atoms with Gasteiger partial charge in [0.25, 0.3) is 0 Å². The second-order valence-electron chi connectivity index (χ2n) is 7.05. The summed E-state index contributed by atoms with van der Waals surface area (Å²) in [7, 11) is 0. The topological polar surface area (TPSA) is 114 Å². The van der Waals surface area contributed by atoms with Gasteiger partial charge in [-0.3, -0.25) is 4.79 Å². The van der Waals surface area contributed by atoms with Crippen molar-refractivity contribution in [1.29, 1.82) is 0 Å². The standard InChI is InChI=1S/C18H25N3O6S/c1-4-10-14(16(24)26-5-2)11(20-17(25)19-10)8-27-15(23)12-9-28-18(3)7-6-13(22)21(12)18/h10,12H,4-9H2,1-3H3,(H2,19,20,25)/t10-,12-,18-/m0/s1. The van der Waals surface area contributed by atoms with Gasteiger partial charge in [-0.05, 0) is 26.7 Å². The van der Waals surface area contributed by atoms with Crippen molar-refractivity contribution in [3.8, 4) is 0 Å². The first-order valence-corrected chi connectivity index (χ1v) is 10.4. The van der Waals surface area contributed by atoms with Gasteiger partial charge in [0.2, 0.25) is 5.91 Å². The van der Waals surface area contributed by atoms with Crippen LogP contribution in [0.5, 0.6) is 0 Å². The molecule has 0 saturated carbocycles. The number of esters is 2. The van der Waals surface area contributed by atoms with Gasteiger partial charge >= 0.3 is 18.0 Å². The Bertz CT molecular complexity index is 739. The molecule has 3 amide bonds. The molecule has 2 saturated heterocycles. The van der Waals surface area contributed by atoms with Crippen LogP contribution in [0.3, 0.4) is 0 Å². The van der Waals surface area contributed by atoms with Crippen molar-refractivity contribution < 1.29 is 28.7 Å². The zero-order valence-electron chi connectivity index (χ0n) is 16.2. The number of hydrogen-bond acceptors (Lipinski definition) is 7. The van der Waals surface area contributed by atoms with Gasteiger partial charge in [0.05, 0.1) is 28.8 Å². The van der Waals surface area contributed by atoms with E-state index in [-0.39, 0.29) is 35.3 Å². The minimum Gasteiger partial charge on any atom is -0.463 e. The summed E-state index contributed by atoms with van der Waals surface area (Å²) < 4.78 is 10.5. The number of rotatable bonds is 6. The number of nitrogens with one attached hydrogen (secondary N) is 2. The summed E-state index contributed by atoms with van der Waals surface area (Å²) in [6.45, 7) is 5.39.